The Balaban J connectivity index is 1.49. The minimum absolute atomic E-state index is 0.0150. The molecule has 0 unspecified atom stereocenters. The van der Waals surface area contributed by atoms with Gasteiger partial charge in [0.1, 0.15) is 0 Å². The van der Waals surface area contributed by atoms with Crippen LogP contribution in [-0.2, 0) is 0 Å². The Hall–Kier alpha value is -3.35. The summed E-state index contributed by atoms with van der Waals surface area (Å²) in [5.74, 6) is -0.0798. The van der Waals surface area contributed by atoms with Gasteiger partial charge in [0, 0.05) is 43.2 Å². The summed E-state index contributed by atoms with van der Waals surface area (Å²) in [6.07, 6.45) is 8.14. The number of benzene rings is 1. The Morgan fingerprint density at radius 2 is 1.93 bits per heavy atom. The number of carbonyl (C=O) groups is 1. The third-order valence-corrected chi connectivity index (χ3v) is 4.74. The first-order valence-corrected chi connectivity index (χ1v) is 9.14. The van der Waals surface area contributed by atoms with E-state index in [1.807, 2.05) is 4.90 Å². The number of aromatic nitrogens is 3. The van der Waals surface area contributed by atoms with E-state index in [1.54, 1.807) is 48.9 Å². The molecule has 1 aliphatic heterocycles. The third kappa shape index (κ3) is 3.98. The van der Waals surface area contributed by atoms with Crippen molar-refractivity contribution in [1.82, 2.24) is 19.9 Å². The molecule has 7 heteroatoms. The van der Waals surface area contributed by atoms with Crippen LogP contribution in [0.5, 0.6) is 11.6 Å². The Bertz CT molecular complexity index is 967. The Kier molecular flexibility index (Phi) is 5.23. The van der Waals surface area contributed by atoms with E-state index in [0.717, 1.165) is 18.5 Å². The molecule has 3 aromatic rings. The molecule has 1 fully saturated rings. The number of carbonyl (C=O) groups excluding carboxylic acids is 1. The van der Waals surface area contributed by atoms with Crippen LogP contribution in [0.25, 0.3) is 0 Å². The number of amides is 1. The first kappa shape index (κ1) is 18.0. The minimum atomic E-state index is -0.457. The van der Waals surface area contributed by atoms with Gasteiger partial charge in [-0.2, -0.15) is 0 Å². The zero-order valence-electron chi connectivity index (χ0n) is 15.2. The lowest BCUT2D eigenvalue weighted by molar-refractivity contribution is 0.0705. The normalized spacial score (nSPS) is 16.6. The van der Waals surface area contributed by atoms with Crippen molar-refractivity contribution in [1.29, 1.82) is 0 Å². The maximum absolute atomic E-state index is 13.8. The third-order valence-electron chi connectivity index (χ3n) is 4.74. The number of pyridine rings is 1. The molecule has 0 aliphatic carbocycles. The highest BCUT2D eigenvalue weighted by Crippen LogP contribution is 2.28. The van der Waals surface area contributed by atoms with Gasteiger partial charge in [-0.1, -0.05) is 12.1 Å². The molecule has 1 aliphatic rings. The van der Waals surface area contributed by atoms with Gasteiger partial charge < -0.3 is 9.64 Å². The lowest BCUT2D eigenvalue weighted by atomic mass is 9.94. The van der Waals surface area contributed by atoms with Crippen molar-refractivity contribution < 1.29 is 13.9 Å². The lowest BCUT2D eigenvalue weighted by Crippen LogP contribution is -2.39. The summed E-state index contributed by atoms with van der Waals surface area (Å²) in [5.41, 5.74) is 1.36. The van der Waals surface area contributed by atoms with Crippen molar-refractivity contribution in [2.45, 2.75) is 18.8 Å². The second kappa shape index (κ2) is 8.12. The highest BCUT2D eigenvalue weighted by Gasteiger charge is 2.26. The topological polar surface area (TPSA) is 68.2 Å². The van der Waals surface area contributed by atoms with Crippen LogP contribution in [-0.4, -0.2) is 38.8 Å². The van der Waals surface area contributed by atoms with Crippen molar-refractivity contribution >= 4 is 5.91 Å². The van der Waals surface area contributed by atoms with Crippen LogP contribution < -0.4 is 4.74 Å². The summed E-state index contributed by atoms with van der Waals surface area (Å²) >= 11 is 0. The Morgan fingerprint density at radius 1 is 1.11 bits per heavy atom. The molecule has 3 heterocycles. The summed E-state index contributed by atoms with van der Waals surface area (Å²) < 4.78 is 19.4. The number of hydrogen-bond donors (Lipinski definition) is 0. The van der Waals surface area contributed by atoms with Gasteiger partial charge >= 0.3 is 0 Å². The van der Waals surface area contributed by atoms with E-state index in [1.165, 1.54) is 12.3 Å². The first-order valence-electron chi connectivity index (χ1n) is 9.14. The van der Waals surface area contributed by atoms with Gasteiger partial charge in [0.25, 0.3) is 5.91 Å². The Morgan fingerprint density at radius 3 is 2.75 bits per heavy atom. The average Bonchev–Trinajstić information content (AvgIpc) is 2.76. The molecule has 142 valence electrons. The Labute approximate surface area is 162 Å². The highest BCUT2D eigenvalue weighted by atomic mass is 19.1. The highest BCUT2D eigenvalue weighted by molar-refractivity contribution is 5.94. The fourth-order valence-corrected chi connectivity index (χ4v) is 3.33. The number of piperidine rings is 1. The first-order chi connectivity index (χ1) is 13.7. The summed E-state index contributed by atoms with van der Waals surface area (Å²) in [7, 11) is 0. The van der Waals surface area contributed by atoms with Crippen LogP contribution in [0.4, 0.5) is 4.39 Å². The summed E-state index contributed by atoms with van der Waals surface area (Å²) in [6.45, 7) is 1.26. The zero-order chi connectivity index (χ0) is 19.3. The van der Waals surface area contributed by atoms with Gasteiger partial charge in [0.2, 0.25) is 5.88 Å². The van der Waals surface area contributed by atoms with Crippen molar-refractivity contribution in [2.75, 3.05) is 13.1 Å². The average molecular weight is 378 g/mol. The summed E-state index contributed by atoms with van der Waals surface area (Å²) in [6, 6.07) is 9.60. The number of likely N-dealkylation sites (tertiary alicyclic amines) is 1. The van der Waals surface area contributed by atoms with Crippen LogP contribution in [0.3, 0.4) is 0 Å². The van der Waals surface area contributed by atoms with Crippen LogP contribution in [0.1, 0.15) is 34.8 Å². The fourth-order valence-electron chi connectivity index (χ4n) is 3.33. The van der Waals surface area contributed by atoms with Gasteiger partial charge in [-0.15, -0.1) is 0 Å². The molecule has 1 aromatic carbocycles. The molecule has 0 bridgehead atoms. The van der Waals surface area contributed by atoms with Crippen molar-refractivity contribution in [2.24, 2.45) is 0 Å². The van der Waals surface area contributed by atoms with Crippen molar-refractivity contribution in [3.05, 3.63) is 78.3 Å². The van der Waals surface area contributed by atoms with E-state index in [4.69, 9.17) is 4.74 Å². The van der Waals surface area contributed by atoms with Gasteiger partial charge in [-0.25, -0.2) is 9.37 Å². The number of rotatable bonds is 4. The number of halogens is 1. The van der Waals surface area contributed by atoms with Crippen LogP contribution in [0.15, 0.2) is 61.2 Å². The zero-order valence-corrected chi connectivity index (χ0v) is 15.2. The van der Waals surface area contributed by atoms with Crippen molar-refractivity contribution in [3.63, 3.8) is 0 Å². The molecule has 0 N–H and O–H groups in total. The van der Waals surface area contributed by atoms with E-state index in [2.05, 4.69) is 15.0 Å². The van der Waals surface area contributed by atoms with Crippen LogP contribution in [0, 0.1) is 5.82 Å². The molecule has 2 aromatic heterocycles. The molecule has 0 radical (unpaired) electrons. The van der Waals surface area contributed by atoms with Crippen LogP contribution in [0.2, 0.25) is 0 Å². The summed E-state index contributed by atoms with van der Waals surface area (Å²) in [4.78, 5) is 27.2. The van der Waals surface area contributed by atoms with Gasteiger partial charge in [-0.05, 0) is 37.1 Å². The van der Waals surface area contributed by atoms with E-state index >= 15 is 0 Å². The molecular weight excluding hydrogens is 359 g/mol. The molecule has 1 saturated heterocycles. The van der Waals surface area contributed by atoms with Gasteiger partial charge in [0.05, 0.1) is 11.9 Å². The molecular formula is C21H19FN4O2. The second-order valence-electron chi connectivity index (χ2n) is 6.64. The number of hydrogen-bond acceptors (Lipinski definition) is 5. The standard InChI is InChI=1S/C21H19FN4O2/c22-17-5-1-2-6-19(17)28-20-13-24-12-18(25-20)16-4-3-11-26(14-16)21(27)15-7-9-23-10-8-15/h1-2,5-10,12-13,16H,3-4,11,14H2/t16-/m1/s1. The fraction of sp³-hybridized carbons (Fsp3) is 0.238. The van der Waals surface area contributed by atoms with E-state index in [0.29, 0.717) is 18.7 Å². The molecule has 1 amide bonds. The summed E-state index contributed by atoms with van der Waals surface area (Å²) in [5, 5.41) is 0. The van der Waals surface area contributed by atoms with E-state index in [-0.39, 0.29) is 23.5 Å². The molecule has 0 spiro atoms. The SMILES string of the molecule is O=C(c1ccncc1)N1CCC[C@@H](c2cncc(Oc3ccccc3F)n2)C1. The number of ether oxygens (including phenoxy) is 1. The predicted octanol–water partition coefficient (Wildman–Crippen LogP) is 3.82. The molecule has 28 heavy (non-hydrogen) atoms. The maximum atomic E-state index is 13.8. The quantitative estimate of drug-likeness (QED) is 0.690. The van der Waals surface area contributed by atoms with E-state index in [9.17, 15) is 9.18 Å². The lowest BCUT2D eigenvalue weighted by Gasteiger charge is -2.32. The number of para-hydroxylation sites is 1. The van der Waals surface area contributed by atoms with Crippen LogP contribution >= 0.6 is 0 Å². The second-order valence-corrected chi connectivity index (χ2v) is 6.64. The predicted molar refractivity (Wildman–Crippen MR) is 101 cm³/mol. The van der Waals surface area contributed by atoms with Gasteiger partial charge in [0.15, 0.2) is 11.6 Å². The molecule has 6 nitrogen and oxygen atoms in total. The minimum Gasteiger partial charge on any atom is -0.434 e. The smallest absolute Gasteiger partial charge is 0.253 e. The van der Waals surface area contributed by atoms with Crippen molar-refractivity contribution in [3.8, 4) is 11.6 Å². The maximum Gasteiger partial charge on any atom is 0.253 e. The largest absolute Gasteiger partial charge is 0.434 e. The molecule has 4 rings (SSSR count). The van der Waals surface area contributed by atoms with E-state index < -0.39 is 5.82 Å². The molecule has 1 atom stereocenters. The monoisotopic (exact) mass is 378 g/mol. The number of nitrogens with zero attached hydrogens (tertiary/aromatic N) is 4. The molecule has 0 saturated carbocycles. The van der Waals surface area contributed by atoms with Gasteiger partial charge in [-0.3, -0.25) is 14.8 Å².